The van der Waals surface area contributed by atoms with Gasteiger partial charge in [0.2, 0.25) is 5.91 Å². The van der Waals surface area contributed by atoms with E-state index in [0.717, 1.165) is 65.4 Å². The van der Waals surface area contributed by atoms with Gasteiger partial charge in [0.1, 0.15) is 0 Å². The molecule has 1 N–H and O–H groups in total. The molecule has 1 fully saturated rings. The van der Waals surface area contributed by atoms with Crippen molar-refractivity contribution in [1.82, 2.24) is 19.3 Å². The number of morpholine rings is 1. The molecule has 1 aromatic heterocycles. The Morgan fingerprint density at radius 1 is 0.814 bits per heavy atom. The second-order valence-electron chi connectivity index (χ2n) is 15.6. The number of aromatic nitrogens is 1. The fourth-order valence-electron chi connectivity index (χ4n) is 8.51. The van der Waals surface area contributed by atoms with Crippen molar-refractivity contribution < 1.29 is 28.7 Å². The van der Waals surface area contributed by atoms with Gasteiger partial charge < -0.3 is 34.1 Å². The van der Waals surface area contributed by atoms with Crippen molar-refractivity contribution in [1.29, 1.82) is 0 Å². The molecule has 59 heavy (non-hydrogen) atoms. The molecule has 4 aromatic carbocycles. The summed E-state index contributed by atoms with van der Waals surface area (Å²) in [5, 5.41) is 2.73. The topological polar surface area (TPSA) is 117 Å². The number of carbonyl (C=O) groups is 4. The zero-order valence-electron chi connectivity index (χ0n) is 34.1. The Kier molecular flexibility index (Phi) is 11.4. The fourth-order valence-corrected chi connectivity index (χ4v) is 8.51. The van der Waals surface area contributed by atoms with Gasteiger partial charge in [-0.2, -0.15) is 0 Å². The Morgan fingerprint density at radius 3 is 2.29 bits per heavy atom. The lowest BCUT2D eigenvalue weighted by Crippen LogP contribution is -2.52. The molecule has 3 aliphatic heterocycles. The van der Waals surface area contributed by atoms with Crippen molar-refractivity contribution in [2.75, 3.05) is 56.7 Å². The van der Waals surface area contributed by atoms with Gasteiger partial charge in [0.05, 0.1) is 24.5 Å². The molecule has 8 rings (SSSR count). The van der Waals surface area contributed by atoms with Crippen LogP contribution in [0.25, 0.3) is 11.3 Å². The first kappa shape index (κ1) is 39.6. The van der Waals surface area contributed by atoms with E-state index in [-0.39, 0.29) is 36.1 Å². The summed E-state index contributed by atoms with van der Waals surface area (Å²) in [6, 6.07) is 30.6. The summed E-state index contributed by atoms with van der Waals surface area (Å²) in [7, 11) is 3.71. The Hall–Kier alpha value is -6.24. The van der Waals surface area contributed by atoms with Crippen LogP contribution in [-0.4, -0.2) is 95.6 Å². The van der Waals surface area contributed by atoms with Crippen molar-refractivity contribution in [3.05, 3.63) is 136 Å². The first-order valence-electron chi connectivity index (χ1n) is 20.2. The molecule has 304 valence electrons. The number of hydrogen-bond donors (Lipinski definition) is 1. The van der Waals surface area contributed by atoms with Crippen molar-refractivity contribution >= 4 is 35.2 Å². The highest BCUT2D eigenvalue weighted by Crippen LogP contribution is 2.36. The molecular weight excluding hydrogens is 745 g/mol. The second kappa shape index (κ2) is 16.9. The van der Waals surface area contributed by atoms with Crippen LogP contribution in [0.5, 0.6) is 5.75 Å². The predicted octanol–water partition coefficient (Wildman–Crippen LogP) is 6.69. The highest BCUT2D eigenvalue weighted by Gasteiger charge is 2.35. The summed E-state index contributed by atoms with van der Waals surface area (Å²) >= 11 is 0. The van der Waals surface area contributed by atoms with E-state index in [1.165, 1.54) is 12.5 Å². The number of hydrogen-bond acceptors (Lipinski definition) is 7. The predicted molar refractivity (Wildman–Crippen MR) is 227 cm³/mol. The Bertz CT molecular complexity index is 2400. The fraction of sp³-hybridized carbons (Fsp3) is 0.319. The standard InChI is InChI=1S/C47H50N6O6/c1-31-39(45(55)50(4)37-14-6-5-7-15-37)27-43(49(31)3)40-25-34-18-19-52(47(57)59-44-17-11-10-16-42(44)48-32(2)54)28-36(34)26-41(40)46(56)53-29-35-13-9-8-12-33(35)24-38(53)30-51-20-22-58-23-21-51/h5-17,25-27,38H,18-24,28-30H2,1-4H3,(H,48,54)/t38-/m0/s1. The third-order valence-corrected chi connectivity index (χ3v) is 11.9. The van der Waals surface area contributed by atoms with E-state index in [1.54, 1.807) is 41.1 Å². The smallest absolute Gasteiger partial charge is 0.408 e. The molecule has 5 aromatic rings. The van der Waals surface area contributed by atoms with E-state index in [9.17, 15) is 14.4 Å². The van der Waals surface area contributed by atoms with Gasteiger partial charge in [0.25, 0.3) is 11.8 Å². The van der Waals surface area contributed by atoms with Crippen molar-refractivity contribution in [2.45, 2.75) is 45.8 Å². The van der Waals surface area contributed by atoms with E-state index in [4.69, 9.17) is 9.47 Å². The normalized spacial score (nSPS) is 16.5. The van der Waals surface area contributed by atoms with Crippen LogP contribution in [0.15, 0.2) is 97.1 Å². The zero-order chi connectivity index (χ0) is 41.2. The first-order chi connectivity index (χ1) is 28.5. The maximum Gasteiger partial charge on any atom is 0.415 e. The van der Waals surface area contributed by atoms with Crippen LogP contribution >= 0.6 is 0 Å². The summed E-state index contributed by atoms with van der Waals surface area (Å²) in [4.78, 5) is 62.7. The number of nitrogens with zero attached hydrogens (tertiary/aromatic N) is 5. The number of nitrogens with one attached hydrogen (secondary N) is 1. The molecule has 1 saturated heterocycles. The first-order valence-corrected chi connectivity index (χ1v) is 20.2. The highest BCUT2D eigenvalue weighted by atomic mass is 16.6. The average Bonchev–Trinajstić information content (AvgIpc) is 3.55. The average molecular weight is 795 g/mol. The lowest BCUT2D eigenvalue weighted by Gasteiger charge is -2.41. The molecule has 0 unspecified atom stereocenters. The summed E-state index contributed by atoms with van der Waals surface area (Å²) in [6.07, 6.45) is 0.710. The Morgan fingerprint density at radius 2 is 1.53 bits per heavy atom. The van der Waals surface area contributed by atoms with Crippen LogP contribution in [0.2, 0.25) is 0 Å². The van der Waals surface area contributed by atoms with Gasteiger partial charge in [0, 0.05) is 94.5 Å². The molecule has 1 atom stereocenters. The second-order valence-corrected chi connectivity index (χ2v) is 15.6. The molecule has 4 heterocycles. The molecule has 0 spiro atoms. The summed E-state index contributed by atoms with van der Waals surface area (Å²) < 4.78 is 13.5. The van der Waals surface area contributed by atoms with Crippen LogP contribution in [0, 0.1) is 6.92 Å². The molecule has 0 aliphatic carbocycles. The summed E-state index contributed by atoms with van der Waals surface area (Å²) in [5.41, 5.74) is 8.78. The largest absolute Gasteiger partial charge is 0.415 e. The number of fused-ring (bicyclic) bond motifs is 2. The third-order valence-electron chi connectivity index (χ3n) is 11.9. The summed E-state index contributed by atoms with van der Waals surface area (Å²) in [5.74, 6) is -0.268. The van der Waals surface area contributed by atoms with E-state index >= 15 is 4.79 Å². The third kappa shape index (κ3) is 8.23. The Balaban J connectivity index is 1.18. The summed E-state index contributed by atoms with van der Waals surface area (Å²) in [6.45, 7) is 8.08. The van der Waals surface area contributed by atoms with Gasteiger partial charge in [-0.1, -0.05) is 54.6 Å². The number of para-hydroxylation sites is 3. The molecule has 0 bridgehead atoms. The van der Waals surface area contributed by atoms with Crippen molar-refractivity contribution in [3.8, 4) is 17.0 Å². The van der Waals surface area contributed by atoms with Gasteiger partial charge in [-0.3, -0.25) is 19.3 Å². The molecule has 12 heteroatoms. The number of rotatable bonds is 8. The molecule has 4 amide bonds. The van der Waals surface area contributed by atoms with Crippen LogP contribution in [-0.2, 0) is 42.5 Å². The number of benzene rings is 4. The highest BCUT2D eigenvalue weighted by molar-refractivity contribution is 6.08. The van der Waals surface area contributed by atoms with Crippen LogP contribution in [0.3, 0.4) is 0 Å². The molecule has 0 radical (unpaired) electrons. The van der Waals surface area contributed by atoms with E-state index in [2.05, 4.69) is 34.5 Å². The SMILES string of the molecule is CC(=O)Nc1ccccc1OC(=O)N1CCc2cc(-c3cc(C(=O)N(C)c4ccccc4)c(C)n3C)c(C(=O)N3Cc4ccccc4C[C@H]3CN3CCOCC3)cc2C1. The minimum atomic E-state index is -0.549. The van der Waals surface area contributed by atoms with Gasteiger partial charge >= 0.3 is 6.09 Å². The quantitative estimate of drug-likeness (QED) is 0.186. The van der Waals surface area contributed by atoms with E-state index < -0.39 is 6.09 Å². The van der Waals surface area contributed by atoms with Crippen LogP contribution in [0.4, 0.5) is 16.2 Å². The minimum absolute atomic E-state index is 0.0821. The Labute approximate surface area is 344 Å². The molecule has 12 nitrogen and oxygen atoms in total. The maximum atomic E-state index is 15.4. The zero-order valence-corrected chi connectivity index (χ0v) is 34.1. The van der Waals surface area contributed by atoms with Gasteiger partial charge in [-0.15, -0.1) is 0 Å². The minimum Gasteiger partial charge on any atom is -0.408 e. The van der Waals surface area contributed by atoms with Gasteiger partial charge in [-0.25, -0.2) is 4.79 Å². The van der Waals surface area contributed by atoms with Gasteiger partial charge in [0.15, 0.2) is 5.75 Å². The number of anilines is 2. The lowest BCUT2D eigenvalue weighted by molar-refractivity contribution is -0.114. The monoisotopic (exact) mass is 794 g/mol. The molecule has 3 aliphatic rings. The lowest BCUT2D eigenvalue weighted by atomic mass is 9.89. The van der Waals surface area contributed by atoms with Crippen molar-refractivity contribution in [3.63, 3.8) is 0 Å². The van der Waals surface area contributed by atoms with Crippen LogP contribution < -0.4 is 15.0 Å². The van der Waals surface area contributed by atoms with Crippen molar-refractivity contribution in [2.24, 2.45) is 7.05 Å². The number of amides is 4. The molecule has 0 saturated carbocycles. The van der Waals surface area contributed by atoms with Gasteiger partial charge in [-0.05, 0) is 84.5 Å². The number of carbonyl (C=O) groups excluding carboxylic acids is 4. The van der Waals surface area contributed by atoms with E-state index in [1.807, 2.05) is 72.0 Å². The van der Waals surface area contributed by atoms with E-state index in [0.29, 0.717) is 49.5 Å². The molecular formula is C47H50N6O6. The number of ether oxygens (including phenoxy) is 2. The van der Waals surface area contributed by atoms with Crippen LogP contribution in [0.1, 0.15) is 55.6 Å². The maximum absolute atomic E-state index is 15.4.